The summed E-state index contributed by atoms with van der Waals surface area (Å²) in [6.45, 7) is 13.8. The summed E-state index contributed by atoms with van der Waals surface area (Å²) in [4.78, 5) is 11.9. The molecule has 0 heterocycles. The van der Waals surface area contributed by atoms with Crippen molar-refractivity contribution in [2.45, 2.75) is 65.5 Å². The van der Waals surface area contributed by atoms with Gasteiger partial charge in [-0.25, -0.2) is 0 Å². The van der Waals surface area contributed by atoms with Gasteiger partial charge in [0.1, 0.15) is 13.3 Å². The molecule has 0 saturated heterocycles. The number of hydrogen-bond acceptors (Lipinski definition) is 4. The Balaban J connectivity index is 0.00000484. The van der Waals surface area contributed by atoms with Crippen molar-refractivity contribution in [3.8, 4) is 5.75 Å². The monoisotopic (exact) mass is 367 g/mol. The van der Waals surface area contributed by atoms with Gasteiger partial charge in [0.2, 0.25) is 0 Å². The maximum Gasteiger partial charge on any atom is 2.00 e. The summed E-state index contributed by atoms with van der Waals surface area (Å²) in [7, 11) is -3.91. The van der Waals surface area contributed by atoms with Crippen molar-refractivity contribution in [2.24, 2.45) is 0 Å². The molecule has 0 spiro atoms. The Morgan fingerprint density at radius 1 is 1.09 bits per heavy atom. The Morgan fingerprint density at radius 3 is 1.78 bits per heavy atom. The van der Waals surface area contributed by atoms with Crippen LogP contribution in [-0.2, 0) is 26.1 Å². The SMILES string of the molecule is CCOP(=O)([O-])Cc1cc(C(C)(C)C)c(O)c(C(C)(C)C)c1.[Ca+2]. The van der Waals surface area contributed by atoms with Gasteiger partial charge in [-0.15, -0.1) is 0 Å². The van der Waals surface area contributed by atoms with Gasteiger partial charge in [0.15, 0.2) is 0 Å². The standard InChI is InChI=1S/C17H29O4P.Ca/c1-8-21-22(19,20)11-12-9-13(16(2,3)4)15(18)14(10-12)17(5,6)7;/h9-10,18H,8,11H2,1-7H3,(H,19,20);/q;+2/p-1. The van der Waals surface area contributed by atoms with E-state index in [4.69, 9.17) is 4.52 Å². The third-order valence-electron chi connectivity index (χ3n) is 3.49. The number of phenols is 1. The Bertz CT molecular complexity index is 550. The van der Waals surface area contributed by atoms with E-state index >= 15 is 0 Å². The molecule has 0 radical (unpaired) electrons. The van der Waals surface area contributed by atoms with Crippen LogP contribution in [0.25, 0.3) is 0 Å². The van der Waals surface area contributed by atoms with E-state index in [0.717, 1.165) is 11.1 Å². The quantitative estimate of drug-likeness (QED) is 0.651. The predicted molar refractivity (Wildman–Crippen MR) is 94.2 cm³/mol. The Hall–Kier alpha value is 0.430. The van der Waals surface area contributed by atoms with E-state index in [-0.39, 0.29) is 67.1 Å². The fourth-order valence-electron chi connectivity index (χ4n) is 2.39. The van der Waals surface area contributed by atoms with Crippen LogP contribution in [0.1, 0.15) is 65.2 Å². The first-order chi connectivity index (χ1) is 9.78. The van der Waals surface area contributed by atoms with E-state index in [9.17, 15) is 14.6 Å². The molecule has 0 saturated carbocycles. The molecule has 0 aliphatic rings. The maximum atomic E-state index is 11.9. The van der Waals surface area contributed by atoms with Crippen molar-refractivity contribution >= 4 is 45.3 Å². The van der Waals surface area contributed by atoms with Crippen LogP contribution in [0.15, 0.2) is 12.1 Å². The molecule has 0 aliphatic heterocycles. The average Bonchev–Trinajstić information content (AvgIpc) is 2.27. The van der Waals surface area contributed by atoms with E-state index in [2.05, 4.69) is 0 Å². The minimum absolute atomic E-state index is 0. The van der Waals surface area contributed by atoms with Crippen LogP contribution < -0.4 is 4.89 Å². The van der Waals surface area contributed by atoms with Gasteiger partial charge in [0.25, 0.3) is 0 Å². The van der Waals surface area contributed by atoms with Gasteiger partial charge in [-0.05, 0) is 34.4 Å². The fourth-order valence-corrected chi connectivity index (χ4v) is 3.51. The zero-order valence-corrected chi connectivity index (χ0v) is 18.5. The molecule has 0 aromatic heterocycles. The van der Waals surface area contributed by atoms with E-state index in [1.54, 1.807) is 19.1 Å². The van der Waals surface area contributed by atoms with Crippen LogP contribution in [0.4, 0.5) is 0 Å². The van der Waals surface area contributed by atoms with Gasteiger partial charge in [0.05, 0.1) is 6.61 Å². The molecule has 1 aromatic rings. The van der Waals surface area contributed by atoms with Crippen molar-refractivity contribution in [2.75, 3.05) is 6.61 Å². The molecule has 0 amide bonds. The van der Waals surface area contributed by atoms with Crippen LogP contribution in [0.3, 0.4) is 0 Å². The van der Waals surface area contributed by atoms with Gasteiger partial charge in [-0.3, -0.25) is 0 Å². The van der Waals surface area contributed by atoms with E-state index < -0.39 is 7.60 Å². The van der Waals surface area contributed by atoms with E-state index in [1.807, 2.05) is 41.5 Å². The average molecular weight is 367 g/mol. The minimum Gasteiger partial charge on any atom is -0.778 e. The molecule has 1 aromatic carbocycles. The van der Waals surface area contributed by atoms with Crippen LogP contribution >= 0.6 is 7.60 Å². The summed E-state index contributed by atoms with van der Waals surface area (Å²) in [6, 6.07) is 3.54. The molecule has 4 nitrogen and oxygen atoms in total. The molecular formula is C17H28CaO4P+. The van der Waals surface area contributed by atoms with Crippen molar-refractivity contribution < 1.29 is 19.1 Å². The molecule has 0 aliphatic carbocycles. The molecule has 1 unspecified atom stereocenters. The topological polar surface area (TPSA) is 69.6 Å². The first-order valence-electron chi connectivity index (χ1n) is 7.59. The number of rotatable bonds is 4. The molecular weight excluding hydrogens is 339 g/mol. The molecule has 126 valence electrons. The van der Waals surface area contributed by atoms with Gasteiger partial charge in [0, 0.05) is 6.16 Å². The van der Waals surface area contributed by atoms with Gasteiger partial charge < -0.3 is 19.1 Å². The zero-order chi connectivity index (χ0) is 17.3. The summed E-state index contributed by atoms with van der Waals surface area (Å²) in [6.07, 6.45) is -0.159. The summed E-state index contributed by atoms with van der Waals surface area (Å²) < 4.78 is 16.8. The molecule has 0 bridgehead atoms. The van der Waals surface area contributed by atoms with E-state index in [0.29, 0.717) is 5.56 Å². The summed E-state index contributed by atoms with van der Waals surface area (Å²) in [5, 5.41) is 10.6. The van der Waals surface area contributed by atoms with Crippen molar-refractivity contribution in [1.29, 1.82) is 0 Å². The largest absolute Gasteiger partial charge is 2.00 e. The number of hydrogen-bond donors (Lipinski definition) is 1. The smallest absolute Gasteiger partial charge is 0.778 e. The Kier molecular flexibility index (Phi) is 8.36. The van der Waals surface area contributed by atoms with Crippen LogP contribution in [0.2, 0.25) is 0 Å². The third kappa shape index (κ3) is 6.68. The van der Waals surface area contributed by atoms with Crippen molar-refractivity contribution in [1.82, 2.24) is 0 Å². The second-order valence-corrected chi connectivity index (χ2v) is 9.52. The van der Waals surface area contributed by atoms with Crippen molar-refractivity contribution in [3.05, 3.63) is 28.8 Å². The van der Waals surface area contributed by atoms with Crippen LogP contribution in [0, 0.1) is 0 Å². The second kappa shape index (κ2) is 8.21. The molecule has 23 heavy (non-hydrogen) atoms. The minimum atomic E-state index is -3.91. The van der Waals surface area contributed by atoms with Gasteiger partial charge in [-0.2, -0.15) is 0 Å². The molecule has 1 rings (SSSR count). The zero-order valence-electron chi connectivity index (χ0n) is 15.4. The molecule has 1 N–H and O–H groups in total. The number of phenolic OH excluding ortho intramolecular Hbond substituents is 1. The Labute approximate surface area is 170 Å². The second-order valence-electron chi connectivity index (χ2n) is 7.73. The predicted octanol–water partition coefficient (Wildman–Crippen LogP) is 3.70. The van der Waals surface area contributed by atoms with Crippen LogP contribution in [0.5, 0.6) is 5.75 Å². The number of benzene rings is 1. The van der Waals surface area contributed by atoms with Crippen LogP contribution in [-0.4, -0.2) is 49.5 Å². The van der Waals surface area contributed by atoms with Gasteiger partial charge in [-0.1, -0.05) is 53.7 Å². The van der Waals surface area contributed by atoms with Crippen molar-refractivity contribution in [3.63, 3.8) is 0 Å². The van der Waals surface area contributed by atoms with E-state index in [1.165, 1.54) is 0 Å². The van der Waals surface area contributed by atoms with Gasteiger partial charge >= 0.3 is 37.7 Å². The summed E-state index contributed by atoms with van der Waals surface area (Å²) in [5.41, 5.74) is 1.61. The first-order valence-corrected chi connectivity index (χ1v) is 9.32. The third-order valence-corrected chi connectivity index (χ3v) is 4.89. The summed E-state index contributed by atoms with van der Waals surface area (Å²) >= 11 is 0. The molecule has 6 heteroatoms. The summed E-state index contributed by atoms with van der Waals surface area (Å²) in [5.74, 6) is 0.251. The normalized spacial score (nSPS) is 15.0. The molecule has 1 atom stereocenters. The Morgan fingerprint density at radius 2 is 1.48 bits per heavy atom. The molecule has 0 fully saturated rings. The number of aromatic hydroxyl groups is 1. The fraction of sp³-hybridized carbons (Fsp3) is 0.647. The maximum absolute atomic E-state index is 11.9. The first kappa shape index (κ1) is 23.4.